The third-order valence-electron chi connectivity index (χ3n) is 3.78. The van der Waals surface area contributed by atoms with Crippen molar-refractivity contribution in [1.29, 1.82) is 0 Å². The molecule has 5 heteroatoms. The van der Waals surface area contributed by atoms with Crippen LogP contribution < -0.4 is 0 Å². The highest BCUT2D eigenvalue weighted by Crippen LogP contribution is 2.19. The summed E-state index contributed by atoms with van der Waals surface area (Å²) in [5, 5.41) is 8.86. The number of carbonyl (C=O) groups is 1. The van der Waals surface area contributed by atoms with Crippen molar-refractivity contribution in [3.8, 4) is 0 Å². The molecule has 1 N–H and O–H groups in total. The molecule has 0 atom stereocenters. The predicted molar refractivity (Wildman–Crippen MR) is 88.4 cm³/mol. The molecule has 0 spiro atoms. The molecule has 5 nitrogen and oxygen atoms in total. The van der Waals surface area contributed by atoms with E-state index in [9.17, 15) is 4.79 Å². The zero-order valence-electron chi connectivity index (χ0n) is 13.1. The molecule has 0 radical (unpaired) electrons. The minimum atomic E-state index is -0.775. The lowest BCUT2D eigenvalue weighted by Gasteiger charge is -2.08. The topological polar surface area (TPSA) is 68.0 Å². The van der Waals surface area contributed by atoms with Crippen molar-refractivity contribution in [2.45, 2.75) is 32.7 Å². The second kappa shape index (κ2) is 6.60. The Morgan fingerprint density at radius 1 is 1.26 bits per heavy atom. The summed E-state index contributed by atoms with van der Waals surface area (Å²) in [5.74, 6) is 0.150. The lowest BCUT2D eigenvalue weighted by atomic mass is 10.1. The van der Waals surface area contributed by atoms with Crippen LogP contribution in [0.25, 0.3) is 11.2 Å². The summed E-state index contributed by atoms with van der Waals surface area (Å²) < 4.78 is 2.05. The molecule has 23 heavy (non-hydrogen) atoms. The number of aliphatic carboxylic acids is 1. The van der Waals surface area contributed by atoms with Crippen LogP contribution >= 0.6 is 0 Å². The Kier molecular flexibility index (Phi) is 4.37. The van der Waals surface area contributed by atoms with E-state index in [0.29, 0.717) is 19.4 Å². The number of carboxylic acid groups (broad SMARTS) is 1. The van der Waals surface area contributed by atoms with Gasteiger partial charge < -0.3 is 9.67 Å². The van der Waals surface area contributed by atoms with E-state index in [-0.39, 0.29) is 6.42 Å². The molecule has 3 aromatic rings. The van der Waals surface area contributed by atoms with Crippen LogP contribution in [0.2, 0.25) is 0 Å². The predicted octanol–water partition coefficient (Wildman–Crippen LogP) is 3.20. The van der Waals surface area contributed by atoms with Gasteiger partial charge in [-0.1, -0.05) is 30.3 Å². The summed E-state index contributed by atoms with van der Waals surface area (Å²) in [7, 11) is 0. The molecule has 0 unspecified atom stereocenters. The Labute approximate surface area is 134 Å². The third kappa shape index (κ3) is 3.56. The molecule has 2 heterocycles. The van der Waals surface area contributed by atoms with Gasteiger partial charge in [-0.3, -0.25) is 4.79 Å². The summed E-state index contributed by atoms with van der Waals surface area (Å²) in [5.41, 5.74) is 3.94. The first-order valence-corrected chi connectivity index (χ1v) is 7.71. The Morgan fingerprint density at radius 2 is 2.04 bits per heavy atom. The van der Waals surface area contributed by atoms with Gasteiger partial charge in [-0.05, 0) is 30.5 Å². The van der Waals surface area contributed by atoms with Crippen molar-refractivity contribution < 1.29 is 9.90 Å². The van der Waals surface area contributed by atoms with Gasteiger partial charge in [0.05, 0.1) is 0 Å². The van der Waals surface area contributed by atoms with E-state index in [1.54, 1.807) is 0 Å². The van der Waals surface area contributed by atoms with Gasteiger partial charge in [0.25, 0.3) is 0 Å². The largest absolute Gasteiger partial charge is 0.481 e. The van der Waals surface area contributed by atoms with Gasteiger partial charge in [0, 0.05) is 25.6 Å². The van der Waals surface area contributed by atoms with Crippen LogP contribution in [0.5, 0.6) is 0 Å². The maximum absolute atomic E-state index is 10.8. The number of aryl methyl sites for hydroxylation is 2. The van der Waals surface area contributed by atoms with E-state index in [1.165, 1.54) is 5.56 Å². The fourth-order valence-corrected chi connectivity index (χ4v) is 2.70. The average Bonchev–Trinajstić information content (AvgIpc) is 2.84. The van der Waals surface area contributed by atoms with Crippen LogP contribution in [0.3, 0.4) is 0 Å². The van der Waals surface area contributed by atoms with Crippen LogP contribution in [0.15, 0.2) is 42.6 Å². The number of benzene rings is 1. The van der Waals surface area contributed by atoms with Crippen molar-refractivity contribution in [3.05, 3.63) is 59.5 Å². The molecule has 0 saturated heterocycles. The van der Waals surface area contributed by atoms with Gasteiger partial charge in [0.2, 0.25) is 0 Å². The van der Waals surface area contributed by atoms with Crippen LogP contribution in [-0.4, -0.2) is 25.6 Å². The van der Waals surface area contributed by atoms with Gasteiger partial charge >= 0.3 is 5.97 Å². The van der Waals surface area contributed by atoms with Gasteiger partial charge in [-0.15, -0.1) is 0 Å². The highest BCUT2D eigenvalue weighted by molar-refractivity contribution is 5.72. The Morgan fingerprint density at radius 3 is 2.78 bits per heavy atom. The fourth-order valence-electron chi connectivity index (χ4n) is 2.70. The minimum absolute atomic E-state index is 0.149. The second-order valence-electron chi connectivity index (χ2n) is 5.69. The molecule has 0 fully saturated rings. The molecule has 0 saturated carbocycles. The van der Waals surface area contributed by atoms with Crippen molar-refractivity contribution in [3.63, 3.8) is 0 Å². The lowest BCUT2D eigenvalue weighted by Crippen LogP contribution is -2.07. The molecule has 0 aliphatic heterocycles. The molecular weight excluding hydrogens is 290 g/mol. The van der Waals surface area contributed by atoms with Gasteiger partial charge in [0.1, 0.15) is 11.3 Å². The minimum Gasteiger partial charge on any atom is -0.481 e. The maximum Gasteiger partial charge on any atom is 0.303 e. The van der Waals surface area contributed by atoms with Gasteiger partial charge in [0.15, 0.2) is 5.65 Å². The number of carboxylic acids is 1. The fraction of sp³-hybridized carbons (Fsp3) is 0.278. The average molecular weight is 309 g/mol. The van der Waals surface area contributed by atoms with Gasteiger partial charge in [-0.25, -0.2) is 9.97 Å². The number of nitrogens with zero attached hydrogens (tertiary/aromatic N) is 3. The third-order valence-corrected chi connectivity index (χ3v) is 3.78. The number of pyridine rings is 1. The molecule has 118 valence electrons. The number of aromatic nitrogens is 3. The van der Waals surface area contributed by atoms with Crippen molar-refractivity contribution >= 4 is 17.1 Å². The van der Waals surface area contributed by atoms with E-state index in [4.69, 9.17) is 10.1 Å². The zero-order valence-corrected chi connectivity index (χ0v) is 13.1. The van der Waals surface area contributed by atoms with Gasteiger partial charge in [-0.2, -0.15) is 0 Å². The van der Waals surface area contributed by atoms with Crippen molar-refractivity contribution in [2.24, 2.45) is 0 Å². The van der Waals surface area contributed by atoms with E-state index in [2.05, 4.69) is 17.1 Å². The van der Waals surface area contributed by atoms with Crippen LogP contribution in [0.1, 0.15) is 29.8 Å². The Balaban J connectivity index is 1.95. The van der Waals surface area contributed by atoms with Crippen molar-refractivity contribution in [1.82, 2.24) is 14.5 Å². The molecule has 1 aromatic carbocycles. The normalized spacial score (nSPS) is 11.0. The van der Waals surface area contributed by atoms with E-state index >= 15 is 0 Å². The second-order valence-corrected chi connectivity index (χ2v) is 5.69. The molecule has 3 rings (SSSR count). The number of hydrogen-bond acceptors (Lipinski definition) is 3. The highest BCUT2D eigenvalue weighted by Gasteiger charge is 2.13. The smallest absolute Gasteiger partial charge is 0.303 e. The van der Waals surface area contributed by atoms with E-state index in [0.717, 1.165) is 22.6 Å². The lowest BCUT2D eigenvalue weighted by molar-refractivity contribution is -0.137. The summed E-state index contributed by atoms with van der Waals surface area (Å²) >= 11 is 0. The van der Waals surface area contributed by atoms with E-state index in [1.807, 2.05) is 42.0 Å². The van der Waals surface area contributed by atoms with Crippen LogP contribution in [0.4, 0.5) is 0 Å². The molecule has 0 aliphatic carbocycles. The monoisotopic (exact) mass is 309 g/mol. The summed E-state index contributed by atoms with van der Waals surface area (Å²) in [6, 6.07) is 12.2. The molecule has 0 amide bonds. The molecule has 2 aromatic heterocycles. The number of imidazole rings is 1. The van der Waals surface area contributed by atoms with Crippen molar-refractivity contribution in [2.75, 3.05) is 0 Å². The number of fused-ring (bicyclic) bond motifs is 1. The summed E-state index contributed by atoms with van der Waals surface area (Å²) in [4.78, 5) is 20.0. The summed E-state index contributed by atoms with van der Waals surface area (Å²) in [6.45, 7) is 2.60. The zero-order chi connectivity index (χ0) is 16.2. The Hall–Kier alpha value is -2.69. The Bertz CT molecular complexity index is 825. The van der Waals surface area contributed by atoms with E-state index < -0.39 is 5.97 Å². The quantitative estimate of drug-likeness (QED) is 0.759. The standard InChI is InChI=1S/C18H19N3O2/c1-13-10-15-18(19-12-13)21(9-5-8-17(22)23)16(20-15)11-14-6-3-2-4-7-14/h2-4,6-7,10,12H,5,8-9,11H2,1H3,(H,22,23). The molecular formula is C18H19N3O2. The molecule has 0 bridgehead atoms. The number of hydrogen-bond donors (Lipinski definition) is 1. The first kappa shape index (κ1) is 15.2. The first-order chi connectivity index (χ1) is 11.1. The summed E-state index contributed by atoms with van der Waals surface area (Å²) in [6.07, 6.45) is 3.25. The number of rotatable bonds is 6. The van der Waals surface area contributed by atoms with Crippen LogP contribution in [0, 0.1) is 6.92 Å². The van der Waals surface area contributed by atoms with Crippen LogP contribution in [-0.2, 0) is 17.8 Å². The molecule has 0 aliphatic rings. The first-order valence-electron chi connectivity index (χ1n) is 7.71. The highest BCUT2D eigenvalue weighted by atomic mass is 16.4. The SMILES string of the molecule is Cc1cnc2c(c1)nc(Cc1ccccc1)n2CCCC(=O)O. The maximum atomic E-state index is 10.8.